The molecule has 0 bridgehead atoms. The Bertz CT molecular complexity index is 452. The number of halogens is 1. The molecule has 0 atom stereocenters. The summed E-state index contributed by atoms with van der Waals surface area (Å²) < 4.78 is 0. The fraction of sp³-hybridized carbons (Fsp3) is 0.588. The zero-order valence-electron chi connectivity index (χ0n) is 13.4. The second-order valence-corrected chi connectivity index (χ2v) is 6.09. The van der Waals surface area contributed by atoms with E-state index < -0.39 is 0 Å². The summed E-state index contributed by atoms with van der Waals surface area (Å²) in [4.78, 5) is 7.16. The van der Waals surface area contributed by atoms with E-state index in [9.17, 15) is 0 Å². The number of benzene rings is 1. The van der Waals surface area contributed by atoms with Crippen molar-refractivity contribution in [2.24, 2.45) is 4.99 Å². The zero-order valence-corrected chi connectivity index (χ0v) is 14.2. The molecule has 0 aromatic heterocycles. The molecule has 1 aliphatic heterocycles. The largest absolute Gasteiger partial charge is 0.357 e. The topological polar surface area (TPSA) is 39.7 Å². The van der Waals surface area contributed by atoms with Gasteiger partial charge in [0.25, 0.3) is 0 Å². The van der Waals surface area contributed by atoms with Crippen LogP contribution >= 0.6 is 11.6 Å². The first-order valence-electron chi connectivity index (χ1n) is 8.27. The van der Waals surface area contributed by atoms with Crippen molar-refractivity contribution in [1.29, 1.82) is 0 Å². The summed E-state index contributed by atoms with van der Waals surface area (Å²) in [5.74, 6) is 0.884. The van der Waals surface area contributed by atoms with Gasteiger partial charge in [-0.05, 0) is 50.6 Å². The van der Waals surface area contributed by atoms with E-state index in [1.165, 1.54) is 32.4 Å². The summed E-state index contributed by atoms with van der Waals surface area (Å²) in [7, 11) is 0. The smallest absolute Gasteiger partial charge is 0.191 e. The third-order valence-electron chi connectivity index (χ3n) is 3.85. The summed E-state index contributed by atoms with van der Waals surface area (Å²) in [5, 5.41) is 7.48. The van der Waals surface area contributed by atoms with E-state index in [1.807, 2.05) is 24.3 Å². The van der Waals surface area contributed by atoms with Gasteiger partial charge in [-0.3, -0.25) is 0 Å². The van der Waals surface area contributed by atoms with Gasteiger partial charge in [0.1, 0.15) is 0 Å². The van der Waals surface area contributed by atoms with Gasteiger partial charge in [0, 0.05) is 24.7 Å². The van der Waals surface area contributed by atoms with Gasteiger partial charge in [0.2, 0.25) is 0 Å². The van der Waals surface area contributed by atoms with Crippen molar-refractivity contribution >= 4 is 17.6 Å². The van der Waals surface area contributed by atoms with Crippen molar-refractivity contribution in [3.63, 3.8) is 0 Å². The van der Waals surface area contributed by atoms with Crippen LogP contribution in [0.1, 0.15) is 31.7 Å². The van der Waals surface area contributed by atoms with Gasteiger partial charge in [-0.2, -0.15) is 0 Å². The maximum atomic E-state index is 5.90. The molecule has 1 aliphatic rings. The number of rotatable bonds is 6. The molecule has 122 valence electrons. The van der Waals surface area contributed by atoms with Gasteiger partial charge in [-0.25, -0.2) is 4.99 Å². The Kier molecular flexibility index (Phi) is 7.54. The highest BCUT2D eigenvalue weighted by molar-refractivity contribution is 6.30. The summed E-state index contributed by atoms with van der Waals surface area (Å²) in [5.41, 5.74) is 1.16. The number of nitrogens with one attached hydrogen (secondary N) is 2. The molecule has 1 saturated heterocycles. The highest BCUT2D eigenvalue weighted by Gasteiger charge is 2.09. The summed E-state index contributed by atoms with van der Waals surface area (Å²) >= 11 is 5.90. The van der Waals surface area contributed by atoms with Crippen molar-refractivity contribution < 1.29 is 0 Å². The molecule has 1 aromatic carbocycles. The zero-order chi connectivity index (χ0) is 15.6. The molecular weight excluding hydrogens is 296 g/mol. The molecule has 0 saturated carbocycles. The average molecular weight is 323 g/mol. The number of nitrogens with zero attached hydrogens (tertiary/aromatic N) is 2. The van der Waals surface area contributed by atoms with Crippen molar-refractivity contribution in [1.82, 2.24) is 15.5 Å². The van der Waals surface area contributed by atoms with Gasteiger partial charge in [0.15, 0.2) is 5.96 Å². The lowest BCUT2D eigenvalue weighted by molar-refractivity contribution is 0.232. The van der Waals surface area contributed by atoms with Crippen LogP contribution < -0.4 is 10.6 Å². The number of likely N-dealkylation sites (tertiary alicyclic amines) is 1. The van der Waals surface area contributed by atoms with Crippen LogP contribution in [0, 0.1) is 0 Å². The van der Waals surface area contributed by atoms with Gasteiger partial charge in [-0.15, -0.1) is 0 Å². The second kappa shape index (κ2) is 9.70. The molecule has 5 heteroatoms. The molecule has 0 radical (unpaired) electrons. The first-order chi connectivity index (χ1) is 10.8. The predicted octanol–water partition coefficient (Wildman–Crippen LogP) is 2.88. The first-order valence-corrected chi connectivity index (χ1v) is 8.64. The molecule has 2 rings (SSSR count). The van der Waals surface area contributed by atoms with Gasteiger partial charge >= 0.3 is 0 Å². The summed E-state index contributed by atoms with van der Waals surface area (Å²) in [6.45, 7) is 8.12. The minimum Gasteiger partial charge on any atom is -0.357 e. The second-order valence-electron chi connectivity index (χ2n) is 5.65. The van der Waals surface area contributed by atoms with Crippen LogP contribution in [0.4, 0.5) is 0 Å². The highest BCUT2D eigenvalue weighted by Crippen LogP contribution is 2.10. The molecule has 0 amide bonds. The van der Waals surface area contributed by atoms with E-state index in [1.54, 1.807) is 0 Å². The van der Waals surface area contributed by atoms with Crippen molar-refractivity contribution in [2.75, 3.05) is 32.7 Å². The van der Waals surface area contributed by atoms with Crippen molar-refractivity contribution in [3.8, 4) is 0 Å². The fourth-order valence-electron chi connectivity index (χ4n) is 2.62. The SMILES string of the molecule is CCNC(=NCc1ccc(Cl)cc1)NCCN1CCCCC1. The van der Waals surface area contributed by atoms with Crippen molar-refractivity contribution in [3.05, 3.63) is 34.9 Å². The average Bonchev–Trinajstić information content (AvgIpc) is 2.55. The minimum absolute atomic E-state index is 0.663. The van der Waals surface area contributed by atoms with Crippen LogP contribution in [-0.2, 0) is 6.54 Å². The lowest BCUT2D eigenvalue weighted by Gasteiger charge is -2.26. The predicted molar refractivity (Wildman–Crippen MR) is 94.6 cm³/mol. The van der Waals surface area contributed by atoms with Crippen LogP contribution in [0.5, 0.6) is 0 Å². The maximum Gasteiger partial charge on any atom is 0.191 e. The normalized spacial score (nSPS) is 16.5. The van der Waals surface area contributed by atoms with Crippen LogP contribution in [0.3, 0.4) is 0 Å². The van der Waals surface area contributed by atoms with Crippen molar-refractivity contribution in [2.45, 2.75) is 32.7 Å². The maximum absolute atomic E-state index is 5.90. The lowest BCUT2D eigenvalue weighted by Crippen LogP contribution is -2.42. The van der Waals surface area contributed by atoms with Gasteiger partial charge in [-0.1, -0.05) is 30.2 Å². The van der Waals surface area contributed by atoms with E-state index in [2.05, 4.69) is 27.4 Å². The monoisotopic (exact) mass is 322 g/mol. The molecular formula is C17H27ClN4. The van der Waals surface area contributed by atoms with E-state index >= 15 is 0 Å². The van der Waals surface area contributed by atoms with E-state index in [4.69, 9.17) is 11.6 Å². The number of hydrogen-bond acceptors (Lipinski definition) is 2. The molecule has 0 spiro atoms. The molecule has 1 aromatic rings. The van der Waals surface area contributed by atoms with Crippen LogP contribution in [0.25, 0.3) is 0 Å². The Morgan fingerprint density at radius 2 is 1.86 bits per heavy atom. The quantitative estimate of drug-likeness (QED) is 0.625. The fourth-order valence-corrected chi connectivity index (χ4v) is 2.74. The molecule has 0 unspecified atom stereocenters. The molecule has 2 N–H and O–H groups in total. The molecule has 4 nitrogen and oxygen atoms in total. The number of hydrogen-bond donors (Lipinski definition) is 2. The number of piperidine rings is 1. The molecule has 22 heavy (non-hydrogen) atoms. The van der Waals surface area contributed by atoms with E-state index in [0.717, 1.165) is 36.2 Å². The Hall–Kier alpha value is -1.26. The number of aliphatic imine (C=N–C) groups is 1. The third-order valence-corrected chi connectivity index (χ3v) is 4.10. The van der Waals surface area contributed by atoms with Crippen LogP contribution in [0.15, 0.2) is 29.3 Å². The van der Waals surface area contributed by atoms with Gasteiger partial charge < -0.3 is 15.5 Å². The Labute approximate surface area is 138 Å². The Balaban J connectivity index is 1.77. The minimum atomic E-state index is 0.663. The molecule has 1 fully saturated rings. The highest BCUT2D eigenvalue weighted by atomic mass is 35.5. The van der Waals surface area contributed by atoms with E-state index in [0.29, 0.717) is 6.54 Å². The van der Waals surface area contributed by atoms with Gasteiger partial charge in [0.05, 0.1) is 6.54 Å². The van der Waals surface area contributed by atoms with Crippen LogP contribution in [-0.4, -0.2) is 43.6 Å². The van der Waals surface area contributed by atoms with E-state index in [-0.39, 0.29) is 0 Å². The first kappa shape index (κ1) is 17.1. The molecule has 0 aliphatic carbocycles. The van der Waals surface area contributed by atoms with Crippen LogP contribution in [0.2, 0.25) is 5.02 Å². The Morgan fingerprint density at radius 3 is 2.55 bits per heavy atom. The summed E-state index contributed by atoms with van der Waals surface area (Å²) in [6, 6.07) is 7.85. The standard InChI is InChI=1S/C17H27ClN4/c1-2-19-17(20-10-13-22-11-4-3-5-12-22)21-14-15-6-8-16(18)9-7-15/h6-9H,2-5,10-14H2,1H3,(H2,19,20,21). The molecule has 1 heterocycles. The number of guanidine groups is 1. The Morgan fingerprint density at radius 1 is 1.14 bits per heavy atom. The summed E-state index contributed by atoms with van der Waals surface area (Å²) in [6.07, 6.45) is 4.06. The lowest BCUT2D eigenvalue weighted by atomic mass is 10.1. The third kappa shape index (κ3) is 6.24.